The zero-order valence-corrected chi connectivity index (χ0v) is 23.6. The van der Waals surface area contributed by atoms with Crippen LogP contribution >= 0.6 is 0 Å². The van der Waals surface area contributed by atoms with E-state index in [1.807, 2.05) is 0 Å². The quantitative estimate of drug-likeness (QED) is 0.0489. The summed E-state index contributed by atoms with van der Waals surface area (Å²) in [5, 5.41) is 0. The summed E-state index contributed by atoms with van der Waals surface area (Å²) in [6, 6.07) is 0. The van der Waals surface area contributed by atoms with Gasteiger partial charge in [-0.15, -0.1) is 0 Å². The fraction of sp³-hybridized carbons (Fsp3) is 0.933. The zero-order valence-electron chi connectivity index (χ0n) is 23.6. The minimum Gasteiger partial charge on any atom is -0.393 e. The predicted molar refractivity (Wildman–Crippen MR) is 145 cm³/mol. The third-order valence-electron chi connectivity index (χ3n) is 6.44. The van der Waals surface area contributed by atoms with Gasteiger partial charge in [-0.2, -0.15) is 0 Å². The van der Waals surface area contributed by atoms with Crippen LogP contribution in [0.2, 0.25) is 0 Å². The molecule has 0 rings (SSSR count). The number of rotatable bonds is 27. The van der Waals surface area contributed by atoms with Gasteiger partial charge in [-0.1, -0.05) is 129 Å². The summed E-state index contributed by atoms with van der Waals surface area (Å²) >= 11 is 0. The number of hydrogen-bond acceptors (Lipinski definition) is 5. The Bertz CT molecular complexity index is 440. The largest absolute Gasteiger partial charge is 0.393 e. The van der Waals surface area contributed by atoms with Crippen molar-refractivity contribution >= 4 is 11.9 Å². The molecule has 0 N–H and O–H groups in total. The minimum absolute atomic E-state index is 0.139. The van der Waals surface area contributed by atoms with E-state index in [0.717, 1.165) is 12.8 Å². The van der Waals surface area contributed by atoms with Crippen molar-refractivity contribution in [2.24, 2.45) is 0 Å². The van der Waals surface area contributed by atoms with Crippen LogP contribution in [0, 0.1) is 0 Å². The number of ether oxygens (including phenoxy) is 3. The maximum Gasteiger partial charge on any atom is 0.313 e. The van der Waals surface area contributed by atoms with E-state index in [1.54, 1.807) is 0 Å². The molecular formula is C30H58O5. The van der Waals surface area contributed by atoms with E-state index in [4.69, 9.17) is 9.47 Å². The monoisotopic (exact) mass is 498 g/mol. The number of esters is 2. The molecule has 0 heterocycles. The number of unbranched alkanes of at least 4 members (excludes halogenated alkanes) is 18. The van der Waals surface area contributed by atoms with Crippen LogP contribution in [-0.2, 0) is 23.8 Å². The molecule has 5 heteroatoms. The summed E-state index contributed by atoms with van der Waals surface area (Å²) in [7, 11) is 0. The fourth-order valence-electron chi connectivity index (χ4n) is 4.27. The SMILES string of the molecule is CCCCCCCCCCCCOC(CCC(=O)OC(C)=O)OCCCCCCCCCCCC. The van der Waals surface area contributed by atoms with Gasteiger partial charge >= 0.3 is 11.9 Å². The Balaban J connectivity index is 3.90. The zero-order chi connectivity index (χ0) is 25.8. The normalized spacial score (nSPS) is 11.3. The third-order valence-corrected chi connectivity index (χ3v) is 6.44. The van der Waals surface area contributed by atoms with Gasteiger partial charge in [-0.25, -0.2) is 0 Å². The van der Waals surface area contributed by atoms with Crippen LogP contribution in [0.3, 0.4) is 0 Å². The lowest BCUT2D eigenvalue weighted by atomic mass is 10.1. The van der Waals surface area contributed by atoms with Gasteiger partial charge in [0.05, 0.1) is 6.42 Å². The number of carbonyl (C=O) groups excluding carboxylic acids is 2. The van der Waals surface area contributed by atoms with E-state index in [2.05, 4.69) is 18.6 Å². The lowest BCUT2D eigenvalue weighted by Crippen LogP contribution is -2.21. The van der Waals surface area contributed by atoms with Crippen molar-refractivity contribution in [1.29, 1.82) is 0 Å². The topological polar surface area (TPSA) is 61.8 Å². The Morgan fingerprint density at radius 1 is 0.543 bits per heavy atom. The molecule has 0 unspecified atom stereocenters. The average molecular weight is 499 g/mol. The molecule has 0 fully saturated rings. The molecule has 0 atom stereocenters. The van der Waals surface area contributed by atoms with Crippen molar-refractivity contribution in [3.8, 4) is 0 Å². The highest BCUT2D eigenvalue weighted by Crippen LogP contribution is 2.14. The molecule has 0 radical (unpaired) electrons. The first-order chi connectivity index (χ1) is 17.1. The summed E-state index contributed by atoms with van der Waals surface area (Å²) in [5.41, 5.74) is 0. The van der Waals surface area contributed by atoms with Crippen molar-refractivity contribution in [3.05, 3.63) is 0 Å². The summed E-state index contributed by atoms with van der Waals surface area (Å²) in [5.74, 6) is -1.07. The van der Waals surface area contributed by atoms with E-state index in [9.17, 15) is 9.59 Å². The molecule has 0 aliphatic heterocycles. The standard InChI is InChI=1S/C30H58O5/c1-4-6-8-10-12-14-16-18-20-22-26-33-30(25-24-29(32)35-28(3)31)34-27-23-21-19-17-15-13-11-9-7-5-2/h30H,4-27H2,1-3H3. The van der Waals surface area contributed by atoms with E-state index >= 15 is 0 Å². The first-order valence-corrected chi connectivity index (χ1v) is 15.0. The fourth-order valence-corrected chi connectivity index (χ4v) is 4.27. The summed E-state index contributed by atoms with van der Waals surface area (Å²) < 4.78 is 16.5. The first kappa shape index (κ1) is 34.1. The lowest BCUT2D eigenvalue weighted by molar-refractivity contribution is -0.165. The molecule has 0 amide bonds. The molecule has 208 valence electrons. The molecule has 0 aromatic rings. The highest BCUT2D eigenvalue weighted by Gasteiger charge is 2.14. The van der Waals surface area contributed by atoms with Gasteiger partial charge in [0.15, 0.2) is 6.29 Å². The van der Waals surface area contributed by atoms with Crippen LogP contribution in [0.5, 0.6) is 0 Å². The van der Waals surface area contributed by atoms with Crippen molar-refractivity contribution in [2.45, 2.75) is 168 Å². The molecule has 5 nitrogen and oxygen atoms in total. The van der Waals surface area contributed by atoms with Gasteiger partial charge in [-0.05, 0) is 12.8 Å². The second-order valence-corrected chi connectivity index (χ2v) is 10.0. The van der Waals surface area contributed by atoms with Crippen LogP contribution in [0.15, 0.2) is 0 Å². The second kappa shape index (κ2) is 27.6. The van der Waals surface area contributed by atoms with Crippen LogP contribution < -0.4 is 0 Å². The lowest BCUT2D eigenvalue weighted by Gasteiger charge is -2.18. The van der Waals surface area contributed by atoms with E-state index in [-0.39, 0.29) is 6.42 Å². The molecule has 0 aliphatic rings. The van der Waals surface area contributed by atoms with Gasteiger partial charge in [0.25, 0.3) is 0 Å². The number of carbonyl (C=O) groups is 2. The van der Waals surface area contributed by atoms with Crippen LogP contribution in [0.25, 0.3) is 0 Å². The molecule has 0 aromatic carbocycles. The van der Waals surface area contributed by atoms with Crippen LogP contribution in [-0.4, -0.2) is 31.4 Å². The maximum absolute atomic E-state index is 11.7. The molecule has 0 spiro atoms. The van der Waals surface area contributed by atoms with Crippen molar-refractivity contribution in [1.82, 2.24) is 0 Å². The average Bonchev–Trinajstić information content (AvgIpc) is 2.83. The molecule has 35 heavy (non-hydrogen) atoms. The summed E-state index contributed by atoms with van der Waals surface area (Å²) in [4.78, 5) is 22.7. The van der Waals surface area contributed by atoms with Crippen LogP contribution in [0.1, 0.15) is 162 Å². The van der Waals surface area contributed by atoms with Crippen molar-refractivity contribution in [3.63, 3.8) is 0 Å². The second-order valence-electron chi connectivity index (χ2n) is 10.0. The van der Waals surface area contributed by atoms with Gasteiger partial charge in [-0.3, -0.25) is 9.59 Å². The van der Waals surface area contributed by atoms with Gasteiger partial charge in [0.1, 0.15) is 0 Å². The predicted octanol–water partition coefficient (Wildman–Crippen LogP) is 9.06. The minimum atomic E-state index is -0.566. The molecule has 0 aliphatic carbocycles. The summed E-state index contributed by atoms with van der Waals surface area (Å²) in [6.45, 7) is 7.07. The highest BCUT2D eigenvalue weighted by molar-refractivity contribution is 5.83. The first-order valence-electron chi connectivity index (χ1n) is 15.0. The smallest absolute Gasteiger partial charge is 0.313 e. The van der Waals surface area contributed by atoms with Gasteiger partial charge < -0.3 is 14.2 Å². The van der Waals surface area contributed by atoms with Gasteiger partial charge in [0.2, 0.25) is 0 Å². The van der Waals surface area contributed by atoms with Gasteiger partial charge in [0, 0.05) is 26.6 Å². The molecule has 0 bridgehead atoms. The molecular weight excluding hydrogens is 440 g/mol. The molecule has 0 saturated heterocycles. The Morgan fingerprint density at radius 2 is 0.886 bits per heavy atom. The van der Waals surface area contributed by atoms with Crippen molar-refractivity contribution < 1.29 is 23.8 Å². The summed E-state index contributed by atoms with van der Waals surface area (Å²) in [6.07, 6.45) is 26.0. The Labute approximate surface area is 217 Å². The van der Waals surface area contributed by atoms with E-state index in [0.29, 0.717) is 19.6 Å². The third kappa shape index (κ3) is 27.5. The van der Waals surface area contributed by atoms with E-state index in [1.165, 1.54) is 122 Å². The highest BCUT2D eigenvalue weighted by atomic mass is 16.7. The Kier molecular flexibility index (Phi) is 26.9. The van der Waals surface area contributed by atoms with Crippen molar-refractivity contribution in [2.75, 3.05) is 13.2 Å². The molecule has 0 aromatic heterocycles. The Hall–Kier alpha value is -0.940. The van der Waals surface area contributed by atoms with Crippen LogP contribution in [0.4, 0.5) is 0 Å². The number of hydrogen-bond donors (Lipinski definition) is 0. The Morgan fingerprint density at radius 3 is 1.23 bits per heavy atom. The molecule has 0 saturated carbocycles. The maximum atomic E-state index is 11.7. The van der Waals surface area contributed by atoms with E-state index < -0.39 is 18.2 Å².